The van der Waals surface area contributed by atoms with Crippen molar-refractivity contribution in [2.45, 2.75) is 25.4 Å². The molecule has 0 aromatic heterocycles. The van der Waals surface area contributed by atoms with Gasteiger partial charge in [-0.2, -0.15) is 0 Å². The molecule has 1 atom stereocenters. The third-order valence-corrected chi connectivity index (χ3v) is 5.68. The quantitative estimate of drug-likeness (QED) is 0.308. The summed E-state index contributed by atoms with van der Waals surface area (Å²) in [5.41, 5.74) is 1.58. The van der Waals surface area contributed by atoms with Gasteiger partial charge in [0.2, 0.25) is 0 Å². The standard InChI is InChI=1S/C23H20FN3O7S/c24-16-6-3-13(9-15(16)20(30)26-17(22(32)33)7-8-19(28)29)11-25-14-4-1-12(2-5-14)10-18-21(31)27-23(34)35-18/h1-6,9-10,17,25H,7-8,11H2,(H,26,30)(H,28,29)(H,32,33)(H,27,31,34)/b18-10-/t17-/m1/s1. The molecule has 3 rings (SSSR count). The summed E-state index contributed by atoms with van der Waals surface area (Å²) in [5, 5.41) is 24.9. The molecule has 1 heterocycles. The van der Waals surface area contributed by atoms with E-state index in [9.17, 15) is 33.5 Å². The van der Waals surface area contributed by atoms with E-state index in [0.29, 0.717) is 21.7 Å². The number of anilines is 1. The molecule has 1 aliphatic heterocycles. The first-order valence-corrected chi connectivity index (χ1v) is 11.1. The molecule has 2 aromatic rings. The molecule has 10 nitrogen and oxygen atoms in total. The van der Waals surface area contributed by atoms with Crippen LogP contribution in [0.1, 0.15) is 34.3 Å². The largest absolute Gasteiger partial charge is 0.481 e. The summed E-state index contributed by atoms with van der Waals surface area (Å²) >= 11 is 0.818. The van der Waals surface area contributed by atoms with Crippen molar-refractivity contribution in [3.8, 4) is 0 Å². The normalized spacial score (nSPS) is 14.9. The second-order valence-corrected chi connectivity index (χ2v) is 8.45. The lowest BCUT2D eigenvalue weighted by Gasteiger charge is -2.15. The zero-order valence-corrected chi connectivity index (χ0v) is 18.9. The third-order valence-electron chi connectivity index (χ3n) is 4.87. The lowest BCUT2D eigenvalue weighted by atomic mass is 10.1. The van der Waals surface area contributed by atoms with Crippen LogP contribution in [0.2, 0.25) is 0 Å². The number of hydrogen-bond donors (Lipinski definition) is 5. The van der Waals surface area contributed by atoms with Crippen molar-refractivity contribution in [1.29, 1.82) is 0 Å². The van der Waals surface area contributed by atoms with Crippen LogP contribution in [0.25, 0.3) is 6.08 Å². The van der Waals surface area contributed by atoms with E-state index in [0.717, 1.165) is 17.8 Å². The highest BCUT2D eigenvalue weighted by atomic mass is 32.2. The number of hydrogen-bond acceptors (Lipinski definition) is 7. The van der Waals surface area contributed by atoms with Crippen LogP contribution in [-0.4, -0.2) is 45.2 Å². The maximum Gasteiger partial charge on any atom is 0.326 e. The van der Waals surface area contributed by atoms with Gasteiger partial charge in [0.25, 0.3) is 17.1 Å². The summed E-state index contributed by atoms with van der Waals surface area (Å²) < 4.78 is 14.2. The second-order valence-electron chi connectivity index (χ2n) is 7.44. The lowest BCUT2D eigenvalue weighted by molar-refractivity contribution is -0.140. The number of carbonyl (C=O) groups excluding carboxylic acids is 3. The molecule has 0 aliphatic carbocycles. The Labute approximate surface area is 202 Å². The van der Waals surface area contributed by atoms with Crippen LogP contribution >= 0.6 is 11.8 Å². The molecule has 0 radical (unpaired) electrons. The van der Waals surface area contributed by atoms with Gasteiger partial charge < -0.3 is 20.8 Å². The first-order chi connectivity index (χ1) is 16.6. The zero-order valence-electron chi connectivity index (χ0n) is 18.0. The Balaban J connectivity index is 1.63. The van der Waals surface area contributed by atoms with Crippen LogP contribution in [-0.2, 0) is 20.9 Å². The van der Waals surface area contributed by atoms with E-state index in [2.05, 4.69) is 16.0 Å². The summed E-state index contributed by atoms with van der Waals surface area (Å²) in [6.07, 6.45) is 0.774. The molecule has 0 bridgehead atoms. The van der Waals surface area contributed by atoms with Gasteiger partial charge in [0.05, 0.1) is 10.5 Å². The van der Waals surface area contributed by atoms with Crippen LogP contribution in [0, 0.1) is 5.82 Å². The molecule has 1 saturated heterocycles. The van der Waals surface area contributed by atoms with E-state index in [4.69, 9.17) is 5.11 Å². The van der Waals surface area contributed by atoms with E-state index in [1.165, 1.54) is 12.1 Å². The molecule has 1 aliphatic rings. The van der Waals surface area contributed by atoms with E-state index in [1.807, 2.05) is 0 Å². The van der Waals surface area contributed by atoms with Gasteiger partial charge in [-0.25, -0.2) is 9.18 Å². The molecule has 5 N–H and O–H groups in total. The zero-order chi connectivity index (χ0) is 25.5. The van der Waals surface area contributed by atoms with Crippen LogP contribution in [0.3, 0.4) is 0 Å². The minimum absolute atomic E-state index is 0.217. The van der Waals surface area contributed by atoms with E-state index in [1.54, 1.807) is 30.3 Å². The Morgan fingerprint density at radius 1 is 1.09 bits per heavy atom. The molecule has 1 fully saturated rings. The smallest absolute Gasteiger partial charge is 0.326 e. The monoisotopic (exact) mass is 501 g/mol. The number of thioether (sulfide) groups is 1. The van der Waals surface area contributed by atoms with Gasteiger partial charge >= 0.3 is 11.9 Å². The van der Waals surface area contributed by atoms with Crippen molar-refractivity contribution in [2.75, 3.05) is 5.32 Å². The molecule has 0 unspecified atom stereocenters. The number of carboxylic acids is 2. The van der Waals surface area contributed by atoms with Gasteiger partial charge in [0.1, 0.15) is 11.9 Å². The number of rotatable bonds is 10. The molecule has 35 heavy (non-hydrogen) atoms. The average Bonchev–Trinajstić information content (AvgIpc) is 3.12. The SMILES string of the molecule is O=C(O)CC[C@@H](NC(=O)c1cc(CNc2ccc(/C=C3\SC(=O)NC3=O)cc2)ccc1F)C(=O)O. The number of halogens is 1. The Morgan fingerprint density at radius 2 is 1.80 bits per heavy atom. The predicted octanol–water partition coefficient (Wildman–Crippen LogP) is 2.81. The van der Waals surface area contributed by atoms with Crippen molar-refractivity contribution < 1.29 is 38.6 Å². The fourth-order valence-corrected chi connectivity index (χ4v) is 3.77. The van der Waals surface area contributed by atoms with Crippen LogP contribution in [0.4, 0.5) is 14.9 Å². The average molecular weight is 501 g/mol. The van der Waals surface area contributed by atoms with Gasteiger partial charge in [-0.15, -0.1) is 0 Å². The minimum Gasteiger partial charge on any atom is -0.481 e. The molecule has 12 heteroatoms. The van der Waals surface area contributed by atoms with Gasteiger partial charge in [0, 0.05) is 18.7 Å². The number of carbonyl (C=O) groups is 5. The van der Waals surface area contributed by atoms with Gasteiger partial charge in [-0.05, 0) is 59.7 Å². The van der Waals surface area contributed by atoms with Crippen LogP contribution in [0.15, 0.2) is 47.4 Å². The van der Waals surface area contributed by atoms with Gasteiger partial charge in [-0.1, -0.05) is 18.2 Å². The number of benzene rings is 2. The van der Waals surface area contributed by atoms with Crippen molar-refractivity contribution in [1.82, 2.24) is 10.6 Å². The Kier molecular flexibility index (Phi) is 8.21. The number of amides is 3. The number of nitrogens with one attached hydrogen (secondary N) is 3. The fraction of sp³-hybridized carbons (Fsp3) is 0.174. The summed E-state index contributed by atoms with van der Waals surface area (Å²) in [5.74, 6) is -4.90. The van der Waals surface area contributed by atoms with Crippen LogP contribution < -0.4 is 16.0 Å². The lowest BCUT2D eigenvalue weighted by Crippen LogP contribution is -2.41. The van der Waals surface area contributed by atoms with E-state index in [-0.39, 0.29) is 18.5 Å². The number of imide groups is 1. The highest BCUT2D eigenvalue weighted by Gasteiger charge is 2.25. The van der Waals surface area contributed by atoms with Gasteiger partial charge in [-0.3, -0.25) is 24.5 Å². The summed E-state index contributed by atoms with van der Waals surface area (Å²) in [6.45, 7) is 0.217. The molecule has 3 amide bonds. The molecule has 0 spiro atoms. The fourth-order valence-electron chi connectivity index (χ4n) is 3.09. The summed E-state index contributed by atoms with van der Waals surface area (Å²) in [4.78, 5) is 57.6. The highest BCUT2D eigenvalue weighted by Crippen LogP contribution is 2.26. The maximum atomic E-state index is 14.2. The van der Waals surface area contributed by atoms with Crippen molar-refractivity contribution in [3.05, 3.63) is 69.9 Å². The van der Waals surface area contributed by atoms with Crippen molar-refractivity contribution >= 4 is 52.5 Å². The topological polar surface area (TPSA) is 162 Å². The third kappa shape index (κ3) is 7.14. The highest BCUT2D eigenvalue weighted by molar-refractivity contribution is 8.18. The summed E-state index contributed by atoms with van der Waals surface area (Å²) in [6, 6.07) is 9.30. The molecular formula is C23H20FN3O7S. The van der Waals surface area contributed by atoms with Crippen molar-refractivity contribution in [2.24, 2.45) is 0 Å². The summed E-state index contributed by atoms with van der Waals surface area (Å²) in [7, 11) is 0. The number of carboxylic acid groups (broad SMARTS) is 2. The molecule has 0 saturated carbocycles. The Morgan fingerprint density at radius 3 is 2.40 bits per heavy atom. The second kappa shape index (κ2) is 11.3. The predicted molar refractivity (Wildman–Crippen MR) is 125 cm³/mol. The molecule has 182 valence electrons. The minimum atomic E-state index is -1.47. The van der Waals surface area contributed by atoms with Crippen molar-refractivity contribution in [3.63, 3.8) is 0 Å². The molecule has 2 aromatic carbocycles. The first kappa shape index (κ1) is 25.4. The van der Waals surface area contributed by atoms with Gasteiger partial charge in [0.15, 0.2) is 0 Å². The Bertz CT molecular complexity index is 1210. The van der Waals surface area contributed by atoms with E-state index >= 15 is 0 Å². The molecular weight excluding hydrogens is 481 g/mol. The van der Waals surface area contributed by atoms with Crippen LogP contribution in [0.5, 0.6) is 0 Å². The Hall–Kier alpha value is -4.19. The van der Waals surface area contributed by atoms with E-state index < -0.39 is 47.3 Å². The maximum absolute atomic E-state index is 14.2. The first-order valence-electron chi connectivity index (χ1n) is 10.2. The number of aliphatic carboxylic acids is 2.